The number of unbranched alkanes of at least 4 members (excludes halogenated alkanes) is 24. The van der Waals surface area contributed by atoms with E-state index in [4.69, 9.17) is 10.5 Å². The molecule has 1 heterocycles. The molecule has 1 aromatic heterocycles. The van der Waals surface area contributed by atoms with Gasteiger partial charge < -0.3 is 30.8 Å². The number of carboxylic acids is 1. The fourth-order valence-electron chi connectivity index (χ4n) is 7.60. The number of H-pyrrole nitrogens is 1. The van der Waals surface area contributed by atoms with Gasteiger partial charge in [0.2, 0.25) is 5.60 Å². The summed E-state index contributed by atoms with van der Waals surface area (Å²) in [6.07, 6.45) is 28.1. The Morgan fingerprint density at radius 3 is 1.37 bits per heavy atom. The molecule has 0 saturated heterocycles. The van der Waals surface area contributed by atoms with Crippen LogP contribution in [-0.4, -0.2) is 78.4 Å². The van der Waals surface area contributed by atoms with Crippen LogP contribution in [0.25, 0.3) is 0 Å². The Hall–Kier alpha value is -2.96. The SMILES string of the molecule is CCCCCCCCCCCCCCCC(=O)C(OC(=O)CCC(=O)O)(C(=O)CCCCCCCCCCCCCCC)C(O)(CO)C(=O)[C@@H](N)Cc1cnc[nH]1. The number of aromatic amines is 1. The quantitative estimate of drug-likeness (QED) is 0.0240. The summed E-state index contributed by atoms with van der Waals surface area (Å²) < 4.78 is 5.59. The van der Waals surface area contributed by atoms with Gasteiger partial charge in [0.1, 0.15) is 0 Å². The Balaban J connectivity index is 3.08. The number of hydrogen-bond acceptors (Lipinski definition) is 10. The highest BCUT2D eigenvalue weighted by molar-refractivity contribution is 6.18. The number of nitrogens with zero attached hydrogens (tertiary/aromatic N) is 1. The first-order valence-corrected chi connectivity index (χ1v) is 22.6. The molecule has 0 aliphatic carbocycles. The molecule has 12 nitrogen and oxygen atoms in total. The van der Waals surface area contributed by atoms with Gasteiger partial charge in [-0.15, -0.1) is 0 Å². The van der Waals surface area contributed by atoms with Crippen molar-refractivity contribution >= 4 is 29.3 Å². The number of esters is 1. The number of Topliss-reactive ketones (excluding diaryl/α,β-unsaturated/α-hetero) is 3. The van der Waals surface area contributed by atoms with Crippen LogP contribution in [0, 0.1) is 0 Å². The number of imidazole rings is 1. The van der Waals surface area contributed by atoms with Crippen molar-refractivity contribution in [2.24, 2.45) is 5.73 Å². The Labute approximate surface area is 343 Å². The minimum Gasteiger partial charge on any atom is -0.481 e. The normalized spacial score (nSPS) is 13.3. The molecule has 0 radical (unpaired) electrons. The number of carbonyl (C=O) groups is 5. The van der Waals surface area contributed by atoms with Crippen LogP contribution in [0.5, 0.6) is 0 Å². The highest BCUT2D eigenvalue weighted by Gasteiger charge is 2.67. The Bertz CT molecular complexity index is 1200. The van der Waals surface area contributed by atoms with Crippen LogP contribution in [0.15, 0.2) is 12.5 Å². The standard InChI is InChI=1S/C45H79N3O9/c1-3-5-7-9-11-13-15-17-19-21-23-25-27-29-39(50)45(57-42(54)32-31-41(52)53,44(56,35-49)43(55)38(46)33-37-34-47-36-48-37)40(51)30-28-26-24-22-20-18-16-14-12-10-8-6-4-2/h34,36,38,49,56H,3-33,35,46H2,1-2H3,(H,47,48)(H,52,53)/t38-,44?/m0/s1. The smallest absolute Gasteiger partial charge is 0.307 e. The summed E-state index contributed by atoms with van der Waals surface area (Å²) >= 11 is 0. The molecule has 1 rings (SSSR count). The zero-order valence-electron chi connectivity index (χ0n) is 35.7. The maximum atomic E-state index is 14.4. The van der Waals surface area contributed by atoms with Gasteiger partial charge in [0.05, 0.1) is 31.8 Å². The van der Waals surface area contributed by atoms with Gasteiger partial charge in [-0.05, 0) is 12.8 Å². The maximum Gasteiger partial charge on any atom is 0.307 e. The largest absolute Gasteiger partial charge is 0.481 e. The number of aliphatic carboxylic acids is 1. The van der Waals surface area contributed by atoms with Crippen molar-refractivity contribution in [3.8, 4) is 0 Å². The number of hydrogen-bond donors (Lipinski definition) is 5. The molecule has 0 aliphatic rings. The average Bonchev–Trinajstić information content (AvgIpc) is 3.71. The first-order valence-electron chi connectivity index (χ1n) is 22.6. The molecule has 1 aromatic rings. The molecule has 328 valence electrons. The number of aliphatic hydroxyl groups is 2. The number of aromatic nitrogens is 2. The maximum absolute atomic E-state index is 14.4. The number of nitrogens with two attached hydrogens (primary N) is 1. The highest BCUT2D eigenvalue weighted by Crippen LogP contribution is 2.36. The second-order valence-corrected chi connectivity index (χ2v) is 16.2. The molecule has 1 unspecified atom stereocenters. The number of ketones is 3. The van der Waals surface area contributed by atoms with E-state index < -0.39 is 66.0 Å². The minimum absolute atomic E-state index is 0.176. The molecule has 57 heavy (non-hydrogen) atoms. The molecule has 0 saturated carbocycles. The summed E-state index contributed by atoms with van der Waals surface area (Å²) in [5.74, 6) is -5.83. The number of ether oxygens (including phenoxy) is 1. The first-order chi connectivity index (χ1) is 27.5. The number of carboxylic acid groups (broad SMARTS) is 1. The van der Waals surface area contributed by atoms with Crippen LogP contribution < -0.4 is 5.73 Å². The highest BCUT2D eigenvalue weighted by atomic mass is 16.6. The number of aliphatic hydroxyl groups excluding tert-OH is 1. The van der Waals surface area contributed by atoms with Crippen LogP contribution in [-0.2, 0) is 35.1 Å². The second kappa shape index (κ2) is 32.0. The Morgan fingerprint density at radius 1 is 0.649 bits per heavy atom. The number of rotatable bonds is 40. The van der Waals surface area contributed by atoms with E-state index in [9.17, 15) is 39.3 Å². The van der Waals surface area contributed by atoms with Crippen LogP contribution in [0.1, 0.15) is 212 Å². The van der Waals surface area contributed by atoms with E-state index in [1.807, 2.05) is 0 Å². The molecule has 2 atom stereocenters. The molecule has 12 heteroatoms. The van der Waals surface area contributed by atoms with Crippen molar-refractivity contribution < 1.29 is 44.0 Å². The summed E-state index contributed by atoms with van der Waals surface area (Å²) in [5.41, 5.74) is 0.347. The third-order valence-electron chi connectivity index (χ3n) is 11.2. The molecule has 0 bridgehead atoms. The first kappa shape index (κ1) is 52.1. The average molecular weight is 806 g/mol. The van der Waals surface area contributed by atoms with Crippen LogP contribution in [0.2, 0.25) is 0 Å². The predicted octanol–water partition coefficient (Wildman–Crippen LogP) is 8.82. The molecule has 0 aliphatic heterocycles. The molecule has 0 aromatic carbocycles. The van der Waals surface area contributed by atoms with E-state index in [1.165, 1.54) is 102 Å². The number of nitrogens with one attached hydrogen (secondary N) is 1. The van der Waals surface area contributed by atoms with E-state index >= 15 is 0 Å². The lowest BCUT2D eigenvalue weighted by molar-refractivity contribution is -0.209. The van der Waals surface area contributed by atoms with Crippen LogP contribution >= 0.6 is 0 Å². The molecule has 6 N–H and O–H groups in total. The number of carbonyl (C=O) groups excluding carboxylic acids is 4. The Morgan fingerprint density at radius 2 is 1.04 bits per heavy atom. The molecule has 0 amide bonds. The van der Waals surface area contributed by atoms with E-state index in [1.54, 1.807) is 0 Å². The zero-order valence-corrected chi connectivity index (χ0v) is 35.7. The summed E-state index contributed by atoms with van der Waals surface area (Å²) in [4.78, 5) is 74.1. The van der Waals surface area contributed by atoms with E-state index in [-0.39, 0.29) is 19.3 Å². The van der Waals surface area contributed by atoms with Gasteiger partial charge in [-0.25, -0.2) is 4.98 Å². The van der Waals surface area contributed by atoms with Gasteiger partial charge in [0, 0.05) is 31.2 Å². The predicted molar refractivity (Wildman–Crippen MR) is 224 cm³/mol. The molecular formula is C45H79N3O9. The summed E-state index contributed by atoms with van der Waals surface area (Å²) in [6.45, 7) is 3.00. The van der Waals surface area contributed by atoms with E-state index in [2.05, 4.69) is 23.8 Å². The third-order valence-corrected chi connectivity index (χ3v) is 11.2. The monoisotopic (exact) mass is 806 g/mol. The van der Waals surface area contributed by atoms with Crippen molar-refractivity contribution in [3.05, 3.63) is 18.2 Å². The fraction of sp³-hybridized carbons (Fsp3) is 0.822. The van der Waals surface area contributed by atoms with Gasteiger partial charge in [0.15, 0.2) is 17.3 Å². The topological polar surface area (TPSA) is 210 Å². The van der Waals surface area contributed by atoms with Gasteiger partial charge >= 0.3 is 11.9 Å². The van der Waals surface area contributed by atoms with Gasteiger partial charge in [0.25, 0.3) is 5.60 Å². The zero-order chi connectivity index (χ0) is 42.2. The van der Waals surface area contributed by atoms with Crippen LogP contribution in [0.3, 0.4) is 0 Å². The lowest BCUT2D eigenvalue weighted by atomic mass is 9.70. The van der Waals surface area contributed by atoms with Gasteiger partial charge in [-0.1, -0.05) is 168 Å². The fourth-order valence-corrected chi connectivity index (χ4v) is 7.60. The van der Waals surface area contributed by atoms with Gasteiger partial charge in [-0.3, -0.25) is 24.0 Å². The molecule has 0 fully saturated rings. The lowest BCUT2D eigenvalue weighted by Crippen LogP contribution is -2.73. The van der Waals surface area contributed by atoms with Crippen LogP contribution in [0.4, 0.5) is 0 Å². The van der Waals surface area contributed by atoms with Crippen molar-refractivity contribution in [3.63, 3.8) is 0 Å². The van der Waals surface area contributed by atoms with Crippen molar-refractivity contribution in [1.82, 2.24) is 9.97 Å². The van der Waals surface area contributed by atoms with Crippen molar-refractivity contribution in [2.75, 3.05) is 6.61 Å². The van der Waals surface area contributed by atoms with Crippen molar-refractivity contribution in [1.29, 1.82) is 0 Å². The van der Waals surface area contributed by atoms with E-state index in [0.29, 0.717) is 31.4 Å². The summed E-state index contributed by atoms with van der Waals surface area (Å²) in [5, 5.41) is 32.1. The van der Waals surface area contributed by atoms with Crippen molar-refractivity contribution in [2.45, 2.75) is 230 Å². The summed E-state index contributed by atoms with van der Waals surface area (Å²) in [7, 11) is 0. The molecule has 0 spiro atoms. The lowest BCUT2D eigenvalue weighted by Gasteiger charge is -2.43. The second-order valence-electron chi connectivity index (χ2n) is 16.2. The Kier molecular flexibility index (Phi) is 29.2. The minimum atomic E-state index is -3.22. The van der Waals surface area contributed by atoms with E-state index in [0.717, 1.165) is 51.4 Å². The summed E-state index contributed by atoms with van der Waals surface area (Å²) in [6, 6.07) is -1.52. The van der Waals surface area contributed by atoms with Gasteiger partial charge in [-0.2, -0.15) is 0 Å². The molecular weight excluding hydrogens is 727 g/mol. The third kappa shape index (κ3) is 20.5.